The minimum absolute atomic E-state index is 0.0902. The van der Waals surface area contributed by atoms with Gasteiger partial charge < -0.3 is 0 Å². The lowest BCUT2D eigenvalue weighted by Crippen LogP contribution is -2.64. The van der Waals surface area contributed by atoms with Crippen molar-refractivity contribution in [2.24, 2.45) is 0 Å². The molecule has 11 heteroatoms. The number of unbranched alkanes of at least 4 members (excludes halogenated alkanes) is 1. The molecule has 2 rings (SSSR count). The van der Waals surface area contributed by atoms with Crippen molar-refractivity contribution in [1.29, 1.82) is 0 Å². The van der Waals surface area contributed by atoms with Crippen molar-refractivity contribution < 1.29 is 24.2 Å². The maximum atomic E-state index is 12.5. The second-order valence-corrected chi connectivity index (χ2v) is 5.46. The molecule has 2 N–H and O–H groups in total. The lowest BCUT2D eigenvalue weighted by atomic mass is 9.73. The van der Waals surface area contributed by atoms with E-state index in [1.54, 1.807) is 6.92 Å². The summed E-state index contributed by atoms with van der Waals surface area (Å²) in [6, 6.07) is 1.67. The fourth-order valence-corrected chi connectivity index (χ4v) is 2.75. The van der Waals surface area contributed by atoms with E-state index in [2.05, 4.69) is 0 Å². The maximum Gasteiger partial charge on any atom is 0.328 e. The van der Waals surface area contributed by atoms with E-state index in [9.17, 15) is 34.6 Å². The van der Waals surface area contributed by atoms with Gasteiger partial charge in [0.05, 0.1) is 21.5 Å². The molecule has 11 nitrogen and oxygen atoms in total. The number of barbiturate groups is 1. The molecule has 0 unspecified atom stereocenters. The molecule has 1 aliphatic heterocycles. The molecule has 1 fully saturated rings. The molecular weight excluding hydrogens is 336 g/mol. The Balaban J connectivity index is 2.72. The van der Waals surface area contributed by atoms with Crippen LogP contribution in [0.15, 0.2) is 18.2 Å². The van der Waals surface area contributed by atoms with Crippen LogP contribution in [0.2, 0.25) is 0 Å². The molecule has 1 aromatic carbocycles. The molecule has 0 bridgehead atoms. The standard InChI is InChI=1S/C14H14N4O7/c1-2-3-6-14(11(19)15-13(21)16-12(14)20)9-5-4-8(17(22)23)7-10(9)18(24)25/h4-5,7H,2-3,6H2,1H3,(H2,15,16,19,20,21). The van der Waals surface area contributed by atoms with Crippen LogP contribution in [0, 0.1) is 20.2 Å². The number of hydrogen-bond donors (Lipinski definition) is 2. The highest BCUT2D eigenvalue weighted by molar-refractivity contribution is 6.23. The second-order valence-electron chi connectivity index (χ2n) is 5.46. The quantitative estimate of drug-likeness (QED) is 0.443. The number of amides is 4. The highest BCUT2D eigenvalue weighted by atomic mass is 16.6. The summed E-state index contributed by atoms with van der Waals surface area (Å²) in [5, 5.41) is 26.1. The monoisotopic (exact) mass is 350 g/mol. The molecular formula is C14H14N4O7. The van der Waals surface area contributed by atoms with Crippen LogP contribution in [0.5, 0.6) is 0 Å². The van der Waals surface area contributed by atoms with Crippen LogP contribution < -0.4 is 10.6 Å². The van der Waals surface area contributed by atoms with Gasteiger partial charge in [0.25, 0.3) is 11.4 Å². The third-order valence-electron chi connectivity index (χ3n) is 3.98. The van der Waals surface area contributed by atoms with Crippen LogP contribution in [-0.4, -0.2) is 27.7 Å². The first-order chi connectivity index (χ1) is 11.7. The number of nitrogens with one attached hydrogen (secondary N) is 2. The van der Waals surface area contributed by atoms with Gasteiger partial charge in [-0.2, -0.15) is 0 Å². The molecule has 0 atom stereocenters. The molecule has 0 radical (unpaired) electrons. The van der Waals surface area contributed by atoms with Crippen molar-refractivity contribution >= 4 is 29.2 Å². The molecule has 0 spiro atoms. The molecule has 0 aromatic heterocycles. The van der Waals surface area contributed by atoms with Gasteiger partial charge in [-0.15, -0.1) is 0 Å². The third kappa shape index (κ3) is 3.03. The number of rotatable bonds is 6. The molecule has 1 aromatic rings. The van der Waals surface area contributed by atoms with Gasteiger partial charge >= 0.3 is 6.03 Å². The van der Waals surface area contributed by atoms with E-state index in [-0.39, 0.29) is 12.0 Å². The van der Waals surface area contributed by atoms with Gasteiger partial charge in [0, 0.05) is 6.07 Å². The lowest BCUT2D eigenvalue weighted by Gasteiger charge is -2.33. The molecule has 0 saturated carbocycles. The molecule has 1 aliphatic rings. The number of carbonyl (C=O) groups is 3. The van der Waals surface area contributed by atoms with Gasteiger partial charge in [0.1, 0.15) is 0 Å². The van der Waals surface area contributed by atoms with Crippen LogP contribution in [0.3, 0.4) is 0 Å². The Labute approximate surface area is 140 Å². The highest BCUT2D eigenvalue weighted by Gasteiger charge is 2.54. The number of nitro benzene ring substituents is 2. The van der Waals surface area contributed by atoms with Gasteiger partial charge in [0.2, 0.25) is 11.8 Å². The minimum atomic E-state index is -2.01. The zero-order valence-corrected chi connectivity index (χ0v) is 13.1. The molecule has 132 valence electrons. The van der Waals surface area contributed by atoms with Crippen molar-refractivity contribution in [3.8, 4) is 0 Å². The average molecular weight is 350 g/mol. The van der Waals surface area contributed by atoms with Crippen LogP contribution in [-0.2, 0) is 15.0 Å². The topological polar surface area (TPSA) is 162 Å². The van der Waals surface area contributed by atoms with E-state index >= 15 is 0 Å². The third-order valence-corrected chi connectivity index (χ3v) is 3.98. The maximum absolute atomic E-state index is 12.5. The molecule has 4 amide bonds. The lowest BCUT2D eigenvalue weighted by molar-refractivity contribution is -0.394. The number of nitrogens with zero attached hydrogens (tertiary/aromatic N) is 2. The van der Waals surface area contributed by atoms with E-state index in [4.69, 9.17) is 0 Å². The first-order valence-electron chi connectivity index (χ1n) is 7.34. The summed E-state index contributed by atoms with van der Waals surface area (Å²) in [7, 11) is 0. The zero-order valence-electron chi connectivity index (χ0n) is 13.1. The number of carbonyl (C=O) groups excluding carboxylic acids is 3. The van der Waals surface area contributed by atoms with Gasteiger partial charge in [0.15, 0.2) is 5.41 Å². The number of urea groups is 1. The Bertz CT molecular complexity index is 769. The largest absolute Gasteiger partial charge is 0.328 e. The first-order valence-corrected chi connectivity index (χ1v) is 7.34. The van der Waals surface area contributed by atoms with Gasteiger partial charge in [-0.05, 0) is 12.5 Å². The Morgan fingerprint density at radius 2 is 1.64 bits per heavy atom. The van der Waals surface area contributed by atoms with Crippen molar-refractivity contribution in [3.05, 3.63) is 44.0 Å². The molecule has 1 saturated heterocycles. The fourth-order valence-electron chi connectivity index (χ4n) is 2.75. The van der Waals surface area contributed by atoms with Gasteiger partial charge in [-0.3, -0.25) is 40.5 Å². The number of hydrogen-bond acceptors (Lipinski definition) is 7. The number of benzene rings is 1. The molecule has 25 heavy (non-hydrogen) atoms. The smallest absolute Gasteiger partial charge is 0.277 e. The zero-order chi connectivity index (χ0) is 18.8. The summed E-state index contributed by atoms with van der Waals surface area (Å²) >= 11 is 0. The summed E-state index contributed by atoms with van der Waals surface area (Å²) in [5.41, 5.74) is -3.58. The Morgan fingerprint density at radius 1 is 1.04 bits per heavy atom. The average Bonchev–Trinajstić information content (AvgIpc) is 2.54. The predicted octanol–water partition coefficient (Wildman–Crippen LogP) is 1.30. The molecule has 1 heterocycles. The second kappa shape index (κ2) is 6.63. The predicted molar refractivity (Wildman–Crippen MR) is 82.6 cm³/mol. The SMILES string of the molecule is CCCCC1(c2ccc([N+](=O)[O-])cc2[N+](=O)[O-])C(=O)NC(=O)NC1=O. The van der Waals surface area contributed by atoms with Crippen LogP contribution >= 0.6 is 0 Å². The number of nitro groups is 2. The Kier molecular flexibility index (Phi) is 4.77. The van der Waals surface area contributed by atoms with E-state index in [1.165, 1.54) is 0 Å². The summed E-state index contributed by atoms with van der Waals surface area (Å²) in [6.07, 6.45) is 0.854. The van der Waals surface area contributed by atoms with Crippen LogP contribution in [0.25, 0.3) is 0 Å². The summed E-state index contributed by atoms with van der Waals surface area (Å²) in [5.74, 6) is -1.99. The fraction of sp³-hybridized carbons (Fsp3) is 0.357. The van der Waals surface area contributed by atoms with Crippen LogP contribution in [0.1, 0.15) is 31.7 Å². The van der Waals surface area contributed by atoms with E-state index in [0.717, 1.165) is 12.1 Å². The van der Waals surface area contributed by atoms with Crippen molar-refractivity contribution in [3.63, 3.8) is 0 Å². The molecule has 0 aliphatic carbocycles. The van der Waals surface area contributed by atoms with E-state index in [0.29, 0.717) is 18.9 Å². The van der Waals surface area contributed by atoms with Crippen molar-refractivity contribution in [2.75, 3.05) is 0 Å². The minimum Gasteiger partial charge on any atom is -0.277 e. The normalized spacial score (nSPS) is 16.1. The first kappa shape index (κ1) is 18.0. The van der Waals surface area contributed by atoms with E-state index in [1.807, 2.05) is 10.6 Å². The van der Waals surface area contributed by atoms with Gasteiger partial charge in [-0.25, -0.2) is 4.79 Å². The summed E-state index contributed by atoms with van der Waals surface area (Å²) < 4.78 is 0. The Hall–Kier alpha value is -3.37. The Morgan fingerprint density at radius 3 is 2.12 bits per heavy atom. The van der Waals surface area contributed by atoms with Crippen molar-refractivity contribution in [1.82, 2.24) is 10.6 Å². The highest BCUT2D eigenvalue weighted by Crippen LogP contribution is 2.39. The van der Waals surface area contributed by atoms with E-state index < -0.39 is 44.5 Å². The number of non-ortho nitro benzene ring substituents is 1. The van der Waals surface area contributed by atoms with Crippen molar-refractivity contribution in [2.45, 2.75) is 31.6 Å². The number of imide groups is 2. The summed E-state index contributed by atoms with van der Waals surface area (Å²) in [6.45, 7) is 1.79. The van der Waals surface area contributed by atoms with Gasteiger partial charge in [-0.1, -0.05) is 19.8 Å². The summed E-state index contributed by atoms with van der Waals surface area (Å²) in [4.78, 5) is 56.9. The van der Waals surface area contributed by atoms with Crippen LogP contribution in [0.4, 0.5) is 16.2 Å².